The summed E-state index contributed by atoms with van der Waals surface area (Å²) in [6, 6.07) is 5.12. The van der Waals surface area contributed by atoms with Crippen molar-refractivity contribution in [3.05, 3.63) is 23.8 Å². The van der Waals surface area contributed by atoms with Gasteiger partial charge in [-0.05, 0) is 37.0 Å². The fourth-order valence-corrected chi connectivity index (χ4v) is 2.25. The highest BCUT2D eigenvalue weighted by Gasteiger charge is 2.20. The molecule has 1 aromatic rings. The predicted octanol–water partition coefficient (Wildman–Crippen LogP) is 2.20. The molecule has 0 bridgehead atoms. The molecule has 3 N–H and O–H groups in total. The van der Waals surface area contributed by atoms with E-state index in [-0.39, 0.29) is 0 Å². The summed E-state index contributed by atoms with van der Waals surface area (Å²) in [5, 5.41) is 9.19. The second-order valence-corrected chi connectivity index (χ2v) is 4.75. The van der Waals surface area contributed by atoms with Gasteiger partial charge in [0.05, 0.1) is 11.3 Å². The summed E-state index contributed by atoms with van der Waals surface area (Å²) >= 11 is 0. The molecule has 0 amide bonds. The fraction of sp³-hybridized carbons (Fsp3) is 0.462. The first kappa shape index (κ1) is 11.8. The van der Waals surface area contributed by atoms with Gasteiger partial charge >= 0.3 is 5.97 Å². The zero-order valence-electron chi connectivity index (χ0n) is 10.0. The minimum Gasteiger partial charge on any atom is -0.478 e. The average Bonchev–Trinajstić information content (AvgIpc) is 2.30. The van der Waals surface area contributed by atoms with Gasteiger partial charge in [0.1, 0.15) is 0 Å². The van der Waals surface area contributed by atoms with E-state index in [1.54, 1.807) is 6.07 Å². The summed E-state index contributed by atoms with van der Waals surface area (Å²) in [5.41, 5.74) is 7.23. The van der Waals surface area contributed by atoms with Crippen molar-refractivity contribution in [3.8, 4) is 0 Å². The van der Waals surface area contributed by atoms with Gasteiger partial charge in [-0.15, -0.1) is 0 Å². The van der Waals surface area contributed by atoms with Gasteiger partial charge in [0.15, 0.2) is 0 Å². The molecule has 1 aliphatic heterocycles. The van der Waals surface area contributed by atoms with Crippen LogP contribution in [0.2, 0.25) is 0 Å². The van der Waals surface area contributed by atoms with Crippen LogP contribution in [-0.4, -0.2) is 24.2 Å². The van der Waals surface area contributed by atoms with Crippen molar-refractivity contribution in [3.63, 3.8) is 0 Å². The van der Waals surface area contributed by atoms with E-state index in [4.69, 9.17) is 5.73 Å². The van der Waals surface area contributed by atoms with E-state index in [2.05, 4.69) is 11.8 Å². The Labute approximate surface area is 101 Å². The highest BCUT2D eigenvalue weighted by molar-refractivity contribution is 5.95. The maximum atomic E-state index is 11.2. The Morgan fingerprint density at radius 3 is 2.65 bits per heavy atom. The van der Waals surface area contributed by atoms with Crippen LogP contribution in [0, 0.1) is 5.92 Å². The van der Waals surface area contributed by atoms with Crippen molar-refractivity contribution >= 4 is 17.3 Å². The van der Waals surface area contributed by atoms with E-state index in [0.717, 1.165) is 37.5 Å². The number of anilines is 2. The average molecular weight is 234 g/mol. The molecular formula is C13H18N2O2. The Balaban J connectivity index is 2.28. The van der Waals surface area contributed by atoms with Crippen LogP contribution in [0.1, 0.15) is 30.1 Å². The summed E-state index contributed by atoms with van der Waals surface area (Å²) in [7, 11) is 0. The second kappa shape index (κ2) is 4.65. The van der Waals surface area contributed by atoms with E-state index in [9.17, 15) is 9.90 Å². The van der Waals surface area contributed by atoms with E-state index < -0.39 is 5.97 Å². The fourth-order valence-electron chi connectivity index (χ4n) is 2.25. The topological polar surface area (TPSA) is 66.6 Å². The van der Waals surface area contributed by atoms with Crippen LogP contribution in [0.25, 0.3) is 0 Å². The molecule has 1 aliphatic rings. The smallest absolute Gasteiger partial charge is 0.337 e. The minimum atomic E-state index is -0.911. The lowest BCUT2D eigenvalue weighted by Gasteiger charge is -2.33. The Kier molecular flexibility index (Phi) is 3.22. The van der Waals surface area contributed by atoms with E-state index in [1.807, 2.05) is 6.07 Å². The van der Waals surface area contributed by atoms with E-state index in [1.165, 1.54) is 6.07 Å². The van der Waals surface area contributed by atoms with Gasteiger partial charge in [0.2, 0.25) is 0 Å². The van der Waals surface area contributed by atoms with Gasteiger partial charge in [-0.2, -0.15) is 0 Å². The largest absolute Gasteiger partial charge is 0.478 e. The molecule has 92 valence electrons. The number of rotatable bonds is 2. The van der Waals surface area contributed by atoms with Gasteiger partial charge in [-0.25, -0.2) is 4.79 Å². The SMILES string of the molecule is CC1CCN(c2ccc(N)cc2C(=O)O)CC1. The molecule has 0 aromatic heterocycles. The molecule has 4 heteroatoms. The van der Waals surface area contributed by atoms with Gasteiger partial charge in [-0.3, -0.25) is 0 Å². The normalized spacial score (nSPS) is 17.1. The third kappa shape index (κ3) is 2.52. The summed E-state index contributed by atoms with van der Waals surface area (Å²) < 4.78 is 0. The first-order chi connectivity index (χ1) is 8.08. The maximum Gasteiger partial charge on any atom is 0.337 e. The molecule has 1 fully saturated rings. The number of hydrogen-bond acceptors (Lipinski definition) is 3. The number of hydrogen-bond donors (Lipinski definition) is 2. The number of piperidine rings is 1. The van der Waals surface area contributed by atoms with Crippen molar-refractivity contribution < 1.29 is 9.90 Å². The highest BCUT2D eigenvalue weighted by Crippen LogP contribution is 2.27. The lowest BCUT2D eigenvalue weighted by molar-refractivity contribution is 0.0697. The van der Waals surface area contributed by atoms with E-state index >= 15 is 0 Å². The van der Waals surface area contributed by atoms with Crippen molar-refractivity contribution in [1.29, 1.82) is 0 Å². The molecule has 4 nitrogen and oxygen atoms in total. The first-order valence-corrected chi connectivity index (χ1v) is 5.95. The van der Waals surface area contributed by atoms with Gasteiger partial charge < -0.3 is 15.7 Å². The molecule has 0 aliphatic carbocycles. The van der Waals surface area contributed by atoms with Crippen LogP contribution in [0.3, 0.4) is 0 Å². The van der Waals surface area contributed by atoms with Crippen LogP contribution in [0.4, 0.5) is 11.4 Å². The number of nitrogens with two attached hydrogens (primary N) is 1. The number of nitrogen functional groups attached to an aromatic ring is 1. The molecule has 1 aromatic carbocycles. The van der Waals surface area contributed by atoms with Crippen molar-refractivity contribution in [2.75, 3.05) is 23.7 Å². The zero-order chi connectivity index (χ0) is 12.4. The van der Waals surface area contributed by atoms with Crippen LogP contribution in [-0.2, 0) is 0 Å². The third-order valence-corrected chi connectivity index (χ3v) is 3.38. The van der Waals surface area contributed by atoms with Crippen LogP contribution in [0.5, 0.6) is 0 Å². The molecule has 2 rings (SSSR count). The van der Waals surface area contributed by atoms with E-state index in [0.29, 0.717) is 11.3 Å². The number of carboxylic acid groups (broad SMARTS) is 1. The standard InChI is InChI=1S/C13H18N2O2/c1-9-4-6-15(7-5-9)12-3-2-10(14)8-11(12)13(16)17/h2-3,8-9H,4-7,14H2,1H3,(H,16,17). The summed E-state index contributed by atoms with van der Waals surface area (Å²) in [6.07, 6.45) is 2.23. The van der Waals surface area contributed by atoms with Gasteiger partial charge in [-0.1, -0.05) is 6.92 Å². The third-order valence-electron chi connectivity index (χ3n) is 3.38. The van der Waals surface area contributed by atoms with Gasteiger partial charge in [0.25, 0.3) is 0 Å². The number of carboxylic acids is 1. The van der Waals surface area contributed by atoms with Crippen molar-refractivity contribution in [2.24, 2.45) is 5.92 Å². The van der Waals surface area contributed by atoms with Crippen LogP contribution < -0.4 is 10.6 Å². The van der Waals surface area contributed by atoms with Crippen LogP contribution in [0.15, 0.2) is 18.2 Å². The molecule has 1 saturated heterocycles. The number of carbonyl (C=O) groups is 1. The molecule has 0 atom stereocenters. The van der Waals surface area contributed by atoms with Crippen molar-refractivity contribution in [1.82, 2.24) is 0 Å². The van der Waals surface area contributed by atoms with Crippen LogP contribution >= 0.6 is 0 Å². The summed E-state index contributed by atoms with van der Waals surface area (Å²) in [5.74, 6) is -0.181. The minimum absolute atomic E-state index is 0.305. The second-order valence-electron chi connectivity index (χ2n) is 4.75. The molecule has 17 heavy (non-hydrogen) atoms. The molecular weight excluding hydrogens is 216 g/mol. The van der Waals surface area contributed by atoms with Gasteiger partial charge in [0, 0.05) is 18.8 Å². The molecule has 0 radical (unpaired) electrons. The summed E-state index contributed by atoms with van der Waals surface area (Å²) in [4.78, 5) is 13.3. The Morgan fingerprint density at radius 2 is 2.06 bits per heavy atom. The monoisotopic (exact) mass is 234 g/mol. The predicted molar refractivity (Wildman–Crippen MR) is 68.4 cm³/mol. The Bertz CT molecular complexity index is 423. The zero-order valence-corrected chi connectivity index (χ0v) is 10.0. The molecule has 1 heterocycles. The summed E-state index contributed by atoms with van der Waals surface area (Å²) in [6.45, 7) is 4.08. The number of benzene rings is 1. The Hall–Kier alpha value is -1.71. The highest BCUT2D eigenvalue weighted by atomic mass is 16.4. The van der Waals surface area contributed by atoms with Crippen molar-refractivity contribution in [2.45, 2.75) is 19.8 Å². The molecule has 0 unspecified atom stereocenters. The lowest BCUT2D eigenvalue weighted by Crippen LogP contribution is -2.33. The number of aromatic carboxylic acids is 1. The number of nitrogens with zero attached hydrogens (tertiary/aromatic N) is 1. The quantitative estimate of drug-likeness (QED) is 0.770. The maximum absolute atomic E-state index is 11.2. The molecule has 0 spiro atoms. The Morgan fingerprint density at radius 1 is 1.41 bits per heavy atom. The lowest BCUT2D eigenvalue weighted by atomic mass is 9.98. The first-order valence-electron chi connectivity index (χ1n) is 5.95. The molecule has 0 saturated carbocycles.